The lowest BCUT2D eigenvalue weighted by atomic mass is 10.3. The van der Waals surface area contributed by atoms with E-state index in [-0.39, 0.29) is 0 Å². The van der Waals surface area contributed by atoms with E-state index in [2.05, 4.69) is 15.3 Å². The van der Waals surface area contributed by atoms with E-state index in [1.165, 1.54) is 0 Å². The third-order valence-electron chi connectivity index (χ3n) is 2.49. The molecule has 0 saturated carbocycles. The predicted molar refractivity (Wildman–Crippen MR) is 79.2 cm³/mol. The van der Waals surface area contributed by atoms with Crippen LogP contribution in [0.2, 0.25) is 0 Å². The molecule has 2 aromatic heterocycles. The van der Waals surface area contributed by atoms with Gasteiger partial charge in [0.2, 0.25) is 0 Å². The molecule has 0 aliphatic carbocycles. The zero-order chi connectivity index (χ0) is 12.4. The number of hydrogen-bond donors (Lipinski definition) is 1. The summed E-state index contributed by atoms with van der Waals surface area (Å²) in [4.78, 5) is 9.08. The lowest BCUT2D eigenvalue weighted by molar-refractivity contribution is 1.30. The third-order valence-corrected chi connectivity index (χ3v) is 3.59. The zero-order valence-electron chi connectivity index (χ0n) is 9.33. The Hall–Kier alpha value is -1.85. The van der Waals surface area contributed by atoms with E-state index < -0.39 is 0 Å². The Labute approximate surface area is 114 Å². The molecule has 0 bridgehead atoms. The summed E-state index contributed by atoms with van der Waals surface area (Å²) in [5, 5.41) is 3.19. The number of fused-ring (bicyclic) bond motifs is 1. The monoisotopic (exact) mass is 271 g/mol. The highest BCUT2D eigenvalue weighted by Crippen LogP contribution is 2.22. The fraction of sp³-hybridized carbons (Fsp3) is 0. The summed E-state index contributed by atoms with van der Waals surface area (Å²) in [6.07, 6.45) is 1.73. The van der Waals surface area contributed by atoms with E-state index in [0.717, 1.165) is 21.6 Å². The summed E-state index contributed by atoms with van der Waals surface area (Å²) in [6.45, 7) is 0. The van der Waals surface area contributed by atoms with Gasteiger partial charge >= 0.3 is 0 Å². The van der Waals surface area contributed by atoms with E-state index in [4.69, 9.17) is 12.2 Å². The molecule has 0 radical (unpaired) electrons. The molecule has 0 unspecified atom stereocenters. The maximum Gasteiger partial charge on any atom is 0.129 e. The number of anilines is 1. The molecule has 0 amide bonds. The van der Waals surface area contributed by atoms with Crippen molar-refractivity contribution in [2.75, 3.05) is 5.32 Å². The quantitative estimate of drug-likeness (QED) is 0.724. The van der Waals surface area contributed by atoms with Crippen LogP contribution >= 0.6 is 23.6 Å². The molecule has 88 valence electrons. The Morgan fingerprint density at radius 2 is 2.11 bits per heavy atom. The first-order chi connectivity index (χ1) is 8.83. The minimum atomic E-state index is 0.625. The second kappa shape index (κ2) is 4.80. The number of benzene rings is 1. The lowest BCUT2D eigenvalue weighted by Gasteiger charge is -2.06. The molecule has 0 spiro atoms. The summed E-state index contributed by atoms with van der Waals surface area (Å²) in [5.74, 6) is 0. The number of pyridine rings is 1. The molecule has 0 atom stereocenters. The second-order valence-corrected chi connectivity index (χ2v) is 5.00. The predicted octanol–water partition coefficient (Wildman–Crippen LogP) is 3.48. The number of thiazole rings is 1. The number of hydrogen-bond acceptors (Lipinski definition) is 4. The van der Waals surface area contributed by atoms with Gasteiger partial charge in [0.25, 0.3) is 0 Å². The van der Waals surface area contributed by atoms with Crippen LogP contribution in [-0.4, -0.2) is 15.0 Å². The van der Waals surface area contributed by atoms with Gasteiger partial charge in [0.05, 0.1) is 21.4 Å². The van der Waals surface area contributed by atoms with Gasteiger partial charge in [-0.15, -0.1) is 11.3 Å². The Bertz CT molecular complexity index is 692. The molecule has 1 N–H and O–H groups in total. The highest BCUT2D eigenvalue weighted by Gasteiger charge is 2.03. The highest BCUT2D eigenvalue weighted by molar-refractivity contribution is 7.81. The minimum Gasteiger partial charge on any atom is -0.345 e. The van der Waals surface area contributed by atoms with Crippen molar-refractivity contribution in [1.29, 1.82) is 0 Å². The maximum atomic E-state index is 5.32. The Kier molecular flexibility index (Phi) is 3.00. The molecule has 0 aliphatic heterocycles. The van der Waals surface area contributed by atoms with Crippen molar-refractivity contribution in [1.82, 2.24) is 9.97 Å². The molecular weight excluding hydrogens is 262 g/mol. The number of aromatic nitrogens is 2. The number of nitrogens with zero attached hydrogens (tertiary/aromatic N) is 2. The fourth-order valence-electron chi connectivity index (χ4n) is 1.63. The zero-order valence-corrected chi connectivity index (χ0v) is 11.0. The minimum absolute atomic E-state index is 0.625. The van der Waals surface area contributed by atoms with Gasteiger partial charge in [-0.2, -0.15) is 0 Å². The summed E-state index contributed by atoms with van der Waals surface area (Å²) in [7, 11) is 0. The van der Waals surface area contributed by atoms with Crippen LogP contribution in [0.3, 0.4) is 0 Å². The van der Waals surface area contributed by atoms with Gasteiger partial charge in [-0.1, -0.05) is 18.3 Å². The smallest absolute Gasteiger partial charge is 0.129 e. The number of nitrogens with one attached hydrogen (secondary N) is 1. The molecular formula is C13H9N3S2. The fourth-order valence-corrected chi connectivity index (χ4v) is 2.58. The van der Waals surface area contributed by atoms with Crippen LogP contribution in [0, 0.1) is 0 Å². The summed E-state index contributed by atoms with van der Waals surface area (Å²) in [6, 6.07) is 11.7. The average molecular weight is 271 g/mol. The van der Waals surface area contributed by atoms with Gasteiger partial charge in [-0.25, -0.2) is 4.98 Å². The van der Waals surface area contributed by atoms with Crippen LogP contribution in [0.4, 0.5) is 5.69 Å². The summed E-state index contributed by atoms with van der Waals surface area (Å²) < 4.78 is 1.14. The van der Waals surface area contributed by atoms with Gasteiger partial charge in [0.15, 0.2) is 0 Å². The van der Waals surface area contributed by atoms with Crippen LogP contribution in [0.15, 0.2) is 48.1 Å². The van der Waals surface area contributed by atoms with Gasteiger partial charge < -0.3 is 5.32 Å². The second-order valence-electron chi connectivity index (χ2n) is 3.70. The molecule has 0 saturated heterocycles. The Morgan fingerprint density at radius 1 is 1.17 bits per heavy atom. The van der Waals surface area contributed by atoms with Crippen molar-refractivity contribution in [3.05, 3.63) is 53.8 Å². The molecule has 3 nitrogen and oxygen atoms in total. The SMILES string of the molecule is S=C(Nc1ccc2ncsc2c1)c1ccccn1. The lowest BCUT2D eigenvalue weighted by Crippen LogP contribution is -2.11. The van der Waals surface area contributed by atoms with E-state index in [0.29, 0.717) is 4.99 Å². The molecule has 3 rings (SSSR count). The molecule has 2 heterocycles. The molecule has 18 heavy (non-hydrogen) atoms. The first-order valence-electron chi connectivity index (χ1n) is 5.38. The van der Waals surface area contributed by atoms with E-state index >= 15 is 0 Å². The average Bonchev–Trinajstić information content (AvgIpc) is 2.87. The van der Waals surface area contributed by atoms with Crippen molar-refractivity contribution >= 4 is 44.4 Å². The van der Waals surface area contributed by atoms with E-state index in [1.54, 1.807) is 17.5 Å². The van der Waals surface area contributed by atoms with Gasteiger partial charge in [-0.05, 0) is 30.3 Å². The topological polar surface area (TPSA) is 37.8 Å². The van der Waals surface area contributed by atoms with Crippen molar-refractivity contribution in [3.63, 3.8) is 0 Å². The van der Waals surface area contributed by atoms with E-state index in [1.807, 2.05) is 41.9 Å². The number of thiocarbonyl (C=S) groups is 1. The van der Waals surface area contributed by atoms with Crippen LogP contribution in [0.5, 0.6) is 0 Å². The van der Waals surface area contributed by atoms with Crippen molar-refractivity contribution in [2.45, 2.75) is 0 Å². The van der Waals surface area contributed by atoms with Crippen LogP contribution in [0.25, 0.3) is 10.2 Å². The van der Waals surface area contributed by atoms with Crippen LogP contribution in [0.1, 0.15) is 5.69 Å². The standard InChI is InChI=1S/C13H9N3S2/c17-13(11-3-1-2-6-14-11)16-9-4-5-10-12(7-9)18-8-15-10/h1-8H,(H,16,17). The van der Waals surface area contributed by atoms with Crippen molar-refractivity contribution in [3.8, 4) is 0 Å². The first kappa shape index (κ1) is 11.3. The molecule has 0 aliphatic rings. The normalized spacial score (nSPS) is 10.4. The van der Waals surface area contributed by atoms with E-state index in [9.17, 15) is 0 Å². The molecule has 0 fully saturated rings. The van der Waals surface area contributed by atoms with Gasteiger partial charge in [0.1, 0.15) is 4.99 Å². The van der Waals surface area contributed by atoms with Crippen molar-refractivity contribution in [2.24, 2.45) is 0 Å². The highest BCUT2D eigenvalue weighted by atomic mass is 32.1. The molecule has 1 aromatic carbocycles. The Balaban J connectivity index is 1.86. The van der Waals surface area contributed by atoms with Gasteiger partial charge in [-0.3, -0.25) is 4.98 Å². The maximum absolute atomic E-state index is 5.32. The summed E-state index contributed by atoms with van der Waals surface area (Å²) >= 11 is 6.93. The van der Waals surface area contributed by atoms with Crippen molar-refractivity contribution < 1.29 is 0 Å². The Morgan fingerprint density at radius 3 is 2.94 bits per heavy atom. The molecule has 3 aromatic rings. The third kappa shape index (κ3) is 2.23. The number of rotatable bonds is 2. The van der Waals surface area contributed by atoms with Crippen LogP contribution < -0.4 is 5.32 Å². The summed E-state index contributed by atoms with van der Waals surface area (Å²) in [5.41, 5.74) is 4.58. The van der Waals surface area contributed by atoms with Gasteiger partial charge in [0, 0.05) is 11.9 Å². The largest absolute Gasteiger partial charge is 0.345 e. The molecule has 5 heteroatoms. The first-order valence-corrected chi connectivity index (χ1v) is 6.67. The van der Waals surface area contributed by atoms with Crippen LogP contribution in [-0.2, 0) is 0 Å².